The van der Waals surface area contributed by atoms with E-state index >= 15 is 0 Å². The fourth-order valence-electron chi connectivity index (χ4n) is 6.96. The fraction of sp³-hybridized carbons (Fsp3) is 0. The van der Waals surface area contributed by atoms with E-state index in [2.05, 4.69) is 101 Å². The summed E-state index contributed by atoms with van der Waals surface area (Å²) >= 11 is 0. The number of hydrogen-bond donors (Lipinski definition) is 0. The molecule has 0 bridgehead atoms. The van der Waals surface area contributed by atoms with Gasteiger partial charge in [-0.05, 0) is 58.0 Å². The van der Waals surface area contributed by atoms with Crippen molar-refractivity contribution in [1.82, 2.24) is 9.38 Å². The van der Waals surface area contributed by atoms with Crippen LogP contribution in [0.3, 0.4) is 0 Å². The number of rotatable bonds is 5. The summed E-state index contributed by atoms with van der Waals surface area (Å²) in [7, 11) is -3.03. The summed E-state index contributed by atoms with van der Waals surface area (Å²) in [5, 5.41) is 6.04. The highest BCUT2D eigenvalue weighted by Gasteiger charge is 2.29. The largest absolute Gasteiger partial charge is 0.309 e. The Kier molecular flexibility index (Phi) is 6.41. The number of para-hydroxylation sites is 3. The predicted molar refractivity (Wildman–Crippen MR) is 198 cm³/mol. The average Bonchev–Trinajstić information content (AvgIpc) is 3.56. The van der Waals surface area contributed by atoms with Crippen LogP contribution in [0.5, 0.6) is 0 Å². The monoisotopic (exact) mass is 620 g/mol. The molecule has 0 saturated carbocycles. The number of hydrogen-bond acceptors (Lipinski definition) is 2. The zero-order valence-electron chi connectivity index (χ0n) is 25.5. The number of nitrogens with zero attached hydrogens (tertiary/aromatic N) is 2. The van der Waals surface area contributed by atoms with Crippen LogP contribution in [0.2, 0.25) is 0 Å². The van der Waals surface area contributed by atoms with E-state index in [1.54, 1.807) is 0 Å². The quantitative estimate of drug-likeness (QED) is 0.142. The van der Waals surface area contributed by atoms with Gasteiger partial charge in [0.1, 0.15) is 5.65 Å². The first-order valence-electron chi connectivity index (χ1n) is 15.8. The molecule has 0 radical (unpaired) electrons. The third-order valence-corrected chi connectivity index (χ3v) is 12.3. The Morgan fingerprint density at radius 3 is 1.68 bits per heavy atom. The summed E-state index contributed by atoms with van der Waals surface area (Å²) in [5.74, 6) is 0. The molecule has 3 nitrogen and oxygen atoms in total. The Morgan fingerprint density at radius 2 is 0.957 bits per heavy atom. The maximum absolute atomic E-state index is 14.8. The van der Waals surface area contributed by atoms with E-state index < -0.39 is 7.14 Å². The first kappa shape index (κ1) is 27.5. The highest BCUT2D eigenvalue weighted by Crippen LogP contribution is 2.43. The zero-order chi connectivity index (χ0) is 31.4. The number of imidazole rings is 1. The minimum atomic E-state index is -3.03. The summed E-state index contributed by atoms with van der Waals surface area (Å²) in [6.07, 6.45) is 0. The first-order chi connectivity index (χ1) is 23.2. The van der Waals surface area contributed by atoms with Gasteiger partial charge in [0.15, 0.2) is 7.14 Å². The standard InChI is InChI=1S/C43H29N2OP/c46-47(34-14-3-1-4-15-34,35-16-5-2-6-17-35)36-25-22-30(23-26-36)31-12-11-13-32(28-31)33-24-27-37-38-18-7-9-20-41(38)45-42-21-10-8-19-40(42)44-43(45)39(37)29-33/h1-29H. The molecule has 222 valence electrons. The minimum absolute atomic E-state index is 0.827. The van der Waals surface area contributed by atoms with Gasteiger partial charge >= 0.3 is 0 Å². The highest BCUT2D eigenvalue weighted by atomic mass is 31.2. The number of aromatic nitrogens is 2. The van der Waals surface area contributed by atoms with Gasteiger partial charge in [-0.15, -0.1) is 0 Å². The second kappa shape index (κ2) is 10.9. The SMILES string of the molecule is O=P(c1ccccc1)(c1ccccc1)c1ccc(-c2cccc(-c3ccc4c5ccccc5n5c6ccccc6nc5c4c3)c2)cc1. The van der Waals surface area contributed by atoms with Crippen molar-refractivity contribution in [3.05, 3.63) is 176 Å². The Hall–Kier alpha value is -5.76. The van der Waals surface area contributed by atoms with Gasteiger partial charge in [-0.2, -0.15) is 0 Å². The summed E-state index contributed by atoms with van der Waals surface area (Å²) in [6, 6.07) is 60.2. The van der Waals surface area contributed by atoms with Crippen LogP contribution >= 0.6 is 7.14 Å². The molecule has 0 spiro atoms. The molecular formula is C43H29N2OP. The molecule has 0 aliphatic heterocycles. The van der Waals surface area contributed by atoms with Gasteiger partial charge in [0, 0.05) is 26.7 Å². The first-order valence-corrected chi connectivity index (χ1v) is 17.5. The molecule has 0 fully saturated rings. The Balaban J connectivity index is 1.15. The number of benzene rings is 7. The van der Waals surface area contributed by atoms with Crippen LogP contribution in [0.15, 0.2) is 176 Å². The van der Waals surface area contributed by atoms with Crippen molar-refractivity contribution >= 4 is 61.4 Å². The summed E-state index contributed by atoms with van der Waals surface area (Å²) in [6.45, 7) is 0. The van der Waals surface area contributed by atoms with Gasteiger partial charge in [-0.25, -0.2) is 4.98 Å². The van der Waals surface area contributed by atoms with E-state index in [4.69, 9.17) is 4.98 Å². The molecule has 2 aromatic heterocycles. The van der Waals surface area contributed by atoms with E-state index in [0.717, 1.165) is 65.8 Å². The second-order valence-electron chi connectivity index (χ2n) is 11.9. The second-order valence-corrected chi connectivity index (χ2v) is 14.7. The normalized spacial score (nSPS) is 11.9. The van der Waals surface area contributed by atoms with Crippen LogP contribution in [0.1, 0.15) is 0 Å². The minimum Gasteiger partial charge on any atom is -0.309 e. The molecule has 2 heterocycles. The maximum atomic E-state index is 14.8. The lowest BCUT2D eigenvalue weighted by molar-refractivity contribution is 0.592. The van der Waals surface area contributed by atoms with Gasteiger partial charge in [-0.1, -0.05) is 146 Å². The molecule has 0 aliphatic carbocycles. The molecule has 0 atom stereocenters. The van der Waals surface area contributed by atoms with Crippen LogP contribution < -0.4 is 15.9 Å². The molecule has 47 heavy (non-hydrogen) atoms. The predicted octanol–water partition coefficient (Wildman–Crippen LogP) is 9.77. The van der Waals surface area contributed by atoms with Crippen molar-refractivity contribution < 1.29 is 4.57 Å². The van der Waals surface area contributed by atoms with Crippen LogP contribution in [-0.2, 0) is 4.57 Å². The van der Waals surface area contributed by atoms with Crippen molar-refractivity contribution in [2.75, 3.05) is 0 Å². The van der Waals surface area contributed by atoms with Crippen LogP contribution in [0.25, 0.3) is 60.6 Å². The lowest BCUT2D eigenvalue weighted by atomic mass is 9.96. The van der Waals surface area contributed by atoms with Gasteiger partial charge in [0.25, 0.3) is 0 Å². The van der Waals surface area contributed by atoms with Crippen molar-refractivity contribution in [3.8, 4) is 22.3 Å². The molecule has 7 aromatic carbocycles. The van der Waals surface area contributed by atoms with Crippen molar-refractivity contribution in [2.45, 2.75) is 0 Å². The molecule has 0 N–H and O–H groups in total. The molecule has 9 aromatic rings. The lowest BCUT2D eigenvalue weighted by Crippen LogP contribution is -2.24. The molecule has 0 unspecified atom stereocenters. The summed E-state index contributed by atoms with van der Waals surface area (Å²) in [5.41, 5.74) is 8.69. The maximum Gasteiger partial charge on any atom is 0.171 e. The topological polar surface area (TPSA) is 34.4 Å². The molecule has 0 aliphatic rings. The molecule has 0 saturated heterocycles. The zero-order valence-corrected chi connectivity index (χ0v) is 26.4. The van der Waals surface area contributed by atoms with E-state index in [9.17, 15) is 4.57 Å². The smallest absolute Gasteiger partial charge is 0.171 e. The number of fused-ring (bicyclic) bond motifs is 8. The van der Waals surface area contributed by atoms with Crippen molar-refractivity contribution in [2.24, 2.45) is 0 Å². The van der Waals surface area contributed by atoms with Gasteiger partial charge in [0.05, 0.1) is 16.6 Å². The third kappa shape index (κ3) is 4.43. The molecule has 0 amide bonds. The van der Waals surface area contributed by atoms with E-state index in [1.165, 1.54) is 10.8 Å². The van der Waals surface area contributed by atoms with Gasteiger partial charge < -0.3 is 4.57 Å². The third-order valence-electron chi connectivity index (χ3n) is 9.26. The summed E-state index contributed by atoms with van der Waals surface area (Å²) in [4.78, 5) is 5.11. The van der Waals surface area contributed by atoms with Gasteiger partial charge in [0.2, 0.25) is 0 Å². The number of pyridine rings is 1. The van der Waals surface area contributed by atoms with E-state index in [1.807, 2.05) is 78.9 Å². The molecule has 4 heteroatoms. The summed E-state index contributed by atoms with van der Waals surface area (Å²) < 4.78 is 17.1. The van der Waals surface area contributed by atoms with Crippen LogP contribution in [0.4, 0.5) is 0 Å². The Labute approximate surface area is 272 Å². The Morgan fingerprint density at radius 1 is 0.404 bits per heavy atom. The van der Waals surface area contributed by atoms with Crippen molar-refractivity contribution in [1.29, 1.82) is 0 Å². The van der Waals surface area contributed by atoms with E-state index in [0.29, 0.717) is 0 Å². The van der Waals surface area contributed by atoms with Crippen LogP contribution in [0, 0.1) is 0 Å². The Bertz CT molecular complexity index is 2600. The highest BCUT2D eigenvalue weighted by molar-refractivity contribution is 7.85. The van der Waals surface area contributed by atoms with Gasteiger partial charge in [-0.3, -0.25) is 4.40 Å². The van der Waals surface area contributed by atoms with E-state index in [-0.39, 0.29) is 0 Å². The average molecular weight is 621 g/mol. The van der Waals surface area contributed by atoms with Crippen molar-refractivity contribution in [3.63, 3.8) is 0 Å². The fourth-order valence-corrected chi connectivity index (χ4v) is 9.60. The van der Waals surface area contributed by atoms with Crippen LogP contribution in [-0.4, -0.2) is 9.38 Å². The molecular weight excluding hydrogens is 591 g/mol. The lowest BCUT2D eigenvalue weighted by Gasteiger charge is -2.20. The molecule has 9 rings (SSSR count).